The SMILES string of the molecule is Brc1ccc(Br)c(C#CCCCc2[nH+]ccc3ccccc23)c1. The number of benzene rings is 2. The zero-order chi connectivity index (χ0) is 16.1. The van der Waals surface area contributed by atoms with Crippen molar-refractivity contribution in [3.05, 3.63) is 74.9 Å². The van der Waals surface area contributed by atoms with Crippen molar-refractivity contribution in [3.8, 4) is 11.8 Å². The second kappa shape index (κ2) is 7.77. The Balaban J connectivity index is 1.64. The largest absolute Gasteiger partial charge is 0.215 e. The molecule has 0 saturated heterocycles. The summed E-state index contributed by atoms with van der Waals surface area (Å²) in [6.07, 6.45) is 4.96. The average Bonchev–Trinajstić information content (AvgIpc) is 2.57. The molecule has 1 N–H and O–H groups in total. The number of fused-ring (bicyclic) bond motifs is 1. The van der Waals surface area contributed by atoms with Crippen molar-refractivity contribution in [1.29, 1.82) is 0 Å². The van der Waals surface area contributed by atoms with Crippen LogP contribution in [0.5, 0.6) is 0 Å². The van der Waals surface area contributed by atoms with Crippen molar-refractivity contribution in [1.82, 2.24) is 0 Å². The van der Waals surface area contributed by atoms with E-state index in [-0.39, 0.29) is 0 Å². The molecule has 0 aliphatic rings. The van der Waals surface area contributed by atoms with Gasteiger partial charge in [-0.25, -0.2) is 4.98 Å². The normalized spacial score (nSPS) is 10.3. The molecule has 2 aromatic carbocycles. The summed E-state index contributed by atoms with van der Waals surface area (Å²) >= 11 is 7.01. The average molecular weight is 430 g/mol. The molecule has 0 spiro atoms. The summed E-state index contributed by atoms with van der Waals surface area (Å²) in [5.74, 6) is 6.51. The highest BCUT2D eigenvalue weighted by atomic mass is 79.9. The van der Waals surface area contributed by atoms with Crippen LogP contribution >= 0.6 is 31.9 Å². The molecule has 1 nitrogen and oxygen atoms in total. The lowest BCUT2D eigenvalue weighted by Gasteiger charge is -1.99. The van der Waals surface area contributed by atoms with Gasteiger partial charge < -0.3 is 0 Å². The van der Waals surface area contributed by atoms with Gasteiger partial charge in [-0.1, -0.05) is 46.0 Å². The maximum atomic E-state index is 3.54. The highest BCUT2D eigenvalue weighted by molar-refractivity contribution is 9.11. The summed E-state index contributed by atoms with van der Waals surface area (Å²) < 4.78 is 2.09. The minimum Gasteiger partial charge on any atom is -0.215 e. The molecule has 0 fully saturated rings. The van der Waals surface area contributed by atoms with Crippen LogP contribution < -0.4 is 4.98 Å². The Morgan fingerprint density at radius 2 is 1.87 bits per heavy atom. The van der Waals surface area contributed by atoms with Crippen molar-refractivity contribution in [2.75, 3.05) is 0 Å². The number of hydrogen-bond donors (Lipinski definition) is 0. The Morgan fingerprint density at radius 1 is 1.00 bits per heavy atom. The van der Waals surface area contributed by atoms with Crippen molar-refractivity contribution in [2.45, 2.75) is 19.3 Å². The number of aromatic amines is 1. The van der Waals surface area contributed by atoms with Gasteiger partial charge in [-0.15, -0.1) is 0 Å². The molecule has 0 unspecified atom stereocenters. The van der Waals surface area contributed by atoms with E-state index in [2.05, 4.69) is 79.0 Å². The first-order chi connectivity index (χ1) is 11.2. The van der Waals surface area contributed by atoms with Crippen LogP contribution in [0.25, 0.3) is 10.8 Å². The first-order valence-electron chi connectivity index (χ1n) is 7.56. The minimum absolute atomic E-state index is 0.885. The van der Waals surface area contributed by atoms with Crippen LogP contribution in [-0.4, -0.2) is 0 Å². The maximum Gasteiger partial charge on any atom is 0.187 e. The third-order valence-corrected chi connectivity index (χ3v) is 4.87. The lowest BCUT2D eigenvalue weighted by Crippen LogP contribution is -2.10. The summed E-state index contributed by atoms with van der Waals surface area (Å²) in [7, 11) is 0. The number of hydrogen-bond acceptors (Lipinski definition) is 0. The van der Waals surface area contributed by atoms with E-state index >= 15 is 0 Å². The lowest BCUT2D eigenvalue weighted by atomic mass is 10.1. The summed E-state index contributed by atoms with van der Waals surface area (Å²) in [5.41, 5.74) is 2.31. The second-order valence-electron chi connectivity index (χ2n) is 5.32. The van der Waals surface area contributed by atoms with E-state index in [0.717, 1.165) is 33.8 Å². The van der Waals surface area contributed by atoms with Gasteiger partial charge in [0.15, 0.2) is 11.9 Å². The van der Waals surface area contributed by atoms with Gasteiger partial charge in [-0.05, 0) is 52.0 Å². The molecule has 0 aliphatic heterocycles. The van der Waals surface area contributed by atoms with Gasteiger partial charge in [0.2, 0.25) is 0 Å². The summed E-state index contributed by atoms with van der Waals surface area (Å²) in [4.78, 5) is 3.37. The Morgan fingerprint density at radius 3 is 2.78 bits per heavy atom. The predicted octanol–water partition coefficient (Wildman–Crippen LogP) is 5.55. The molecule has 0 bridgehead atoms. The molecule has 0 radical (unpaired) electrons. The zero-order valence-electron chi connectivity index (χ0n) is 12.6. The quantitative estimate of drug-likeness (QED) is 0.382. The number of pyridine rings is 1. The monoisotopic (exact) mass is 428 g/mol. The van der Waals surface area contributed by atoms with Crippen LogP contribution in [0.15, 0.2) is 63.7 Å². The number of nitrogens with one attached hydrogen (secondary N) is 1. The number of aromatic nitrogens is 1. The highest BCUT2D eigenvalue weighted by Crippen LogP contribution is 2.20. The van der Waals surface area contributed by atoms with Gasteiger partial charge in [0, 0.05) is 38.8 Å². The van der Waals surface area contributed by atoms with Gasteiger partial charge in [0.25, 0.3) is 0 Å². The van der Waals surface area contributed by atoms with E-state index in [9.17, 15) is 0 Å². The maximum absolute atomic E-state index is 3.54. The zero-order valence-corrected chi connectivity index (χ0v) is 15.7. The van der Waals surface area contributed by atoms with E-state index < -0.39 is 0 Å². The Kier molecular flexibility index (Phi) is 5.48. The van der Waals surface area contributed by atoms with E-state index in [4.69, 9.17) is 0 Å². The summed E-state index contributed by atoms with van der Waals surface area (Å²) in [6, 6.07) is 16.7. The third kappa shape index (κ3) is 4.22. The first-order valence-corrected chi connectivity index (χ1v) is 9.15. The molecule has 0 aliphatic carbocycles. The van der Waals surface area contributed by atoms with E-state index in [1.54, 1.807) is 0 Å². The Bertz CT molecular complexity index is 886. The molecule has 114 valence electrons. The molecular weight excluding hydrogens is 414 g/mol. The number of H-pyrrole nitrogens is 1. The van der Waals surface area contributed by atoms with Crippen molar-refractivity contribution >= 4 is 42.6 Å². The van der Waals surface area contributed by atoms with Crippen LogP contribution in [0, 0.1) is 11.8 Å². The van der Waals surface area contributed by atoms with Crippen LogP contribution in [0.2, 0.25) is 0 Å². The molecule has 3 aromatic rings. The number of unbranched alkanes of at least 4 members (excludes halogenated alkanes) is 1. The molecule has 1 aromatic heterocycles. The number of rotatable bonds is 3. The lowest BCUT2D eigenvalue weighted by molar-refractivity contribution is -0.388. The number of aryl methyl sites for hydroxylation is 1. The summed E-state index contributed by atoms with van der Waals surface area (Å²) in [5, 5.41) is 2.59. The van der Waals surface area contributed by atoms with Crippen molar-refractivity contribution < 1.29 is 4.98 Å². The number of halogens is 2. The van der Waals surface area contributed by atoms with Crippen LogP contribution in [0.4, 0.5) is 0 Å². The van der Waals surface area contributed by atoms with Crippen LogP contribution in [0.3, 0.4) is 0 Å². The Hall–Kier alpha value is -1.63. The summed E-state index contributed by atoms with van der Waals surface area (Å²) in [6.45, 7) is 0. The molecule has 0 saturated carbocycles. The topological polar surface area (TPSA) is 14.1 Å². The van der Waals surface area contributed by atoms with E-state index in [0.29, 0.717) is 0 Å². The molecule has 3 rings (SSSR count). The van der Waals surface area contributed by atoms with E-state index in [1.165, 1.54) is 16.5 Å². The molecular formula is C20H16Br2N+. The van der Waals surface area contributed by atoms with Gasteiger partial charge in [0.1, 0.15) is 0 Å². The molecule has 3 heteroatoms. The van der Waals surface area contributed by atoms with Gasteiger partial charge in [-0.2, -0.15) is 0 Å². The molecule has 0 amide bonds. The highest BCUT2D eigenvalue weighted by Gasteiger charge is 2.06. The van der Waals surface area contributed by atoms with E-state index in [1.807, 2.05) is 24.4 Å². The van der Waals surface area contributed by atoms with Crippen molar-refractivity contribution in [3.63, 3.8) is 0 Å². The fourth-order valence-electron chi connectivity index (χ4n) is 2.54. The van der Waals surface area contributed by atoms with Gasteiger partial charge >= 0.3 is 0 Å². The Labute approximate surface area is 153 Å². The standard InChI is InChI=1S/C20H15Br2N/c21-17-10-11-19(22)16(14-17)7-2-1-3-9-20-18-8-5-4-6-15(18)12-13-23-20/h4-6,8,10-14H,1,3,9H2/p+1. The molecule has 0 atom stereocenters. The van der Waals surface area contributed by atoms with Crippen LogP contribution in [-0.2, 0) is 6.42 Å². The fraction of sp³-hybridized carbons (Fsp3) is 0.150. The smallest absolute Gasteiger partial charge is 0.187 e. The predicted molar refractivity (Wildman–Crippen MR) is 102 cm³/mol. The minimum atomic E-state index is 0.885. The van der Waals surface area contributed by atoms with Crippen molar-refractivity contribution in [2.24, 2.45) is 0 Å². The first kappa shape index (κ1) is 16.2. The third-order valence-electron chi connectivity index (χ3n) is 3.69. The molecule has 23 heavy (non-hydrogen) atoms. The second-order valence-corrected chi connectivity index (χ2v) is 7.09. The van der Waals surface area contributed by atoms with Gasteiger partial charge in [0.05, 0.1) is 0 Å². The van der Waals surface area contributed by atoms with Gasteiger partial charge in [-0.3, -0.25) is 0 Å². The fourth-order valence-corrected chi connectivity index (χ4v) is 3.25. The molecule has 1 heterocycles. The van der Waals surface area contributed by atoms with Crippen LogP contribution in [0.1, 0.15) is 24.1 Å².